The molecule has 0 radical (unpaired) electrons. The lowest BCUT2D eigenvalue weighted by atomic mass is 9.97. The van der Waals surface area contributed by atoms with Gasteiger partial charge in [-0.15, -0.1) is 0 Å². The van der Waals surface area contributed by atoms with Gasteiger partial charge in [-0.3, -0.25) is 4.79 Å². The first-order valence-electron chi connectivity index (χ1n) is 13.1. The van der Waals surface area contributed by atoms with Crippen molar-refractivity contribution in [3.05, 3.63) is 46.6 Å². The second-order valence-electron chi connectivity index (χ2n) is 10.5. The lowest BCUT2D eigenvalue weighted by Gasteiger charge is -2.35. The van der Waals surface area contributed by atoms with Crippen LogP contribution in [0.4, 0.5) is 5.82 Å². The number of nitrogens with zero attached hydrogens (tertiary/aromatic N) is 4. The molecule has 2 N–H and O–H groups in total. The molecule has 0 aliphatic carbocycles. The number of hydrogen-bond acceptors (Lipinski definition) is 5. The molecule has 2 aliphatic heterocycles. The number of carboxylic acid groups (broad SMARTS) is 1. The molecule has 0 bridgehead atoms. The molecule has 7 nitrogen and oxygen atoms in total. The zero-order chi connectivity index (χ0) is 25.8. The predicted molar refractivity (Wildman–Crippen MR) is 146 cm³/mol. The fourth-order valence-electron chi connectivity index (χ4n) is 5.30. The Hall–Kier alpha value is -2.64. The van der Waals surface area contributed by atoms with Gasteiger partial charge in [0.05, 0.1) is 11.6 Å². The monoisotopic (exact) mass is 511 g/mol. The van der Waals surface area contributed by atoms with Crippen LogP contribution in [-0.2, 0) is 4.79 Å². The van der Waals surface area contributed by atoms with Crippen molar-refractivity contribution in [2.45, 2.75) is 59.3 Å². The molecule has 2 unspecified atom stereocenters. The average molecular weight is 512 g/mol. The van der Waals surface area contributed by atoms with Crippen molar-refractivity contribution in [3.63, 3.8) is 0 Å². The number of carboxylic acids is 1. The molecule has 2 fully saturated rings. The van der Waals surface area contributed by atoms with Gasteiger partial charge < -0.3 is 15.3 Å². The highest BCUT2D eigenvalue weighted by Crippen LogP contribution is 2.34. The molecule has 1 aromatic carbocycles. The third-order valence-corrected chi connectivity index (χ3v) is 7.38. The standard InChI is InChI=1S/C22H27ClN4.C6H11NO2/c1-14(2)21-16(4)24-20-12-19(17-7-9-18(23)10-8-17)25-27(20)22(21)26-11-5-6-15(3)13-26;8-6(9)5-2-1-3-7-4-5/h7-10,12,14-15H,5-6,11,13H2,1-4H3;5,7H,1-4H2,(H,8,9). The Morgan fingerprint density at radius 1 is 1.19 bits per heavy atom. The minimum atomic E-state index is -0.665. The van der Waals surface area contributed by atoms with E-state index in [1.165, 1.54) is 24.2 Å². The van der Waals surface area contributed by atoms with E-state index >= 15 is 0 Å². The molecule has 0 saturated carbocycles. The third-order valence-electron chi connectivity index (χ3n) is 7.12. The predicted octanol–water partition coefficient (Wildman–Crippen LogP) is 5.79. The third kappa shape index (κ3) is 6.01. The van der Waals surface area contributed by atoms with E-state index in [-0.39, 0.29) is 5.92 Å². The van der Waals surface area contributed by atoms with Crippen LogP contribution in [0.5, 0.6) is 0 Å². The number of carbonyl (C=O) groups is 1. The van der Waals surface area contributed by atoms with E-state index in [0.717, 1.165) is 60.1 Å². The second-order valence-corrected chi connectivity index (χ2v) is 10.9. The molecule has 5 rings (SSSR count). The van der Waals surface area contributed by atoms with Gasteiger partial charge in [0, 0.05) is 47.5 Å². The highest BCUT2D eigenvalue weighted by Gasteiger charge is 2.26. The molecule has 4 heterocycles. The summed E-state index contributed by atoms with van der Waals surface area (Å²) in [6, 6.07) is 9.93. The summed E-state index contributed by atoms with van der Waals surface area (Å²) in [5, 5.41) is 17.2. The number of anilines is 1. The molecule has 0 spiro atoms. The maximum Gasteiger partial charge on any atom is 0.307 e. The number of fused-ring (bicyclic) bond motifs is 1. The number of hydrogen-bond donors (Lipinski definition) is 2. The summed E-state index contributed by atoms with van der Waals surface area (Å²) in [4.78, 5) is 17.7. The molecule has 2 aliphatic rings. The van der Waals surface area contributed by atoms with Crippen molar-refractivity contribution in [1.29, 1.82) is 0 Å². The summed E-state index contributed by atoms with van der Waals surface area (Å²) >= 11 is 6.05. The minimum Gasteiger partial charge on any atom is -0.481 e. The largest absolute Gasteiger partial charge is 0.481 e. The molecule has 8 heteroatoms. The number of nitrogens with one attached hydrogen (secondary N) is 1. The molecule has 0 amide bonds. The zero-order valence-corrected chi connectivity index (χ0v) is 22.6. The smallest absolute Gasteiger partial charge is 0.307 e. The van der Waals surface area contributed by atoms with Gasteiger partial charge in [0.2, 0.25) is 0 Å². The summed E-state index contributed by atoms with van der Waals surface area (Å²) in [6.07, 6.45) is 4.36. The van der Waals surface area contributed by atoms with Crippen LogP contribution in [0.1, 0.15) is 63.6 Å². The van der Waals surface area contributed by atoms with E-state index in [1.807, 2.05) is 24.3 Å². The first-order valence-corrected chi connectivity index (χ1v) is 13.5. The van der Waals surface area contributed by atoms with Crippen molar-refractivity contribution >= 4 is 29.0 Å². The van der Waals surface area contributed by atoms with E-state index in [9.17, 15) is 4.79 Å². The SMILES string of the molecule is Cc1nc2cc(-c3ccc(Cl)cc3)nn2c(N2CCCC(C)C2)c1C(C)C.O=C(O)C1CCCNC1. The molecule has 2 aromatic heterocycles. The summed E-state index contributed by atoms with van der Waals surface area (Å²) in [6.45, 7) is 12.7. The second kappa shape index (κ2) is 11.6. The van der Waals surface area contributed by atoms with Crippen LogP contribution in [0, 0.1) is 18.8 Å². The van der Waals surface area contributed by atoms with Crippen molar-refractivity contribution in [2.24, 2.45) is 11.8 Å². The average Bonchev–Trinajstić information content (AvgIpc) is 3.28. The van der Waals surface area contributed by atoms with Crippen molar-refractivity contribution in [3.8, 4) is 11.3 Å². The molecular weight excluding hydrogens is 474 g/mol. The Bertz CT molecular complexity index is 1180. The number of rotatable bonds is 4. The maximum absolute atomic E-state index is 10.3. The van der Waals surface area contributed by atoms with Crippen LogP contribution >= 0.6 is 11.6 Å². The van der Waals surface area contributed by atoms with Crippen molar-refractivity contribution < 1.29 is 9.90 Å². The van der Waals surface area contributed by atoms with Crippen LogP contribution in [0.3, 0.4) is 0 Å². The van der Waals surface area contributed by atoms with E-state index in [2.05, 4.69) is 48.5 Å². The number of benzene rings is 1. The number of aryl methyl sites for hydroxylation is 1. The van der Waals surface area contributed by atoms with E-state index in [1.54, 1.807) is 0 Å². The fourth-order valence-corrected chi connectivity index (χ4v) is 5.43. The Balaban J connectivity index is 0.000000286. The lowest BCUT2D eigenvalue weighted by molar-refractivity contribution is -0.142. The van der Waals surface area contributed by atoms with Gasteiger partial charge in [0.15, 0.2) is 5.65 Å². The molecule has 194 valence electrons. The Labute approximate surface area is 218 Å². The van der Waals surface area contributed by atoms with E-state index in [0.29, 0.717) is 18.4 Å². The summed E-state index contributed by atoms with van der Waals surface area (Å²) in [5.74, 6) is 1.52. The minimum absolute atomic E-state index is 0.140. The maximum atomic E-state index is 10.3. The molecule has 3 aromatic rings. The van der Waals surface area contributed by atoms with E-state index in [4.69, 9.17) is 26.8 Å². The Morgan fingerprint density at radius 3 is 2.53 bits per heavy atom. The van der Waals surface area contributed by atoms with Gasteiger partial charge in [-0.25, -0.2) is 4.98 Å². The van der Waals surface area contributed by atoms with Crippen LogP contribution in [0.2, 0.25) is 5.02 Å². The van der Waals surface area contributed by atoms with Crippen molar-refractivity contribution in [2.75, 3.05) is 31.1 Å². The van der Waals surface area contributed by atoms with Gasteiger partial charge in [-0.1, -0.05) is 44.5 Å². The normalized spacial score (nSPS) is 20.3. The Morgan fingerprint density at radius 2 is 1.94 bits per heavy atom. The fraction of sp³-hybridized carbons (Fsp3) is 0.536. The van der Waals surface area contributed by atoms with Crippen molar-refractivity contribution in [1.82, 2.24) is 19.9 Å². The Kier molecular flexibility index (Phi) is 8.52. The molecule has 36 heavy (non-hydrogen) atoms. The van der Waals surface area contributed by atoms with Crippen LogP contribution in [-0.4, -0.2) is 51.9 Å². The van der Waals surface area contributed by atoms with Gasteiger partial charge in [0.25, 0.3) is 0 Å². The van der Waals surface area contributed by atoms with Crippen LogP contribution in [0.15, 0.2) is 30.3 Å². The van der Waals surface area contributed by atoms with Gasteiger partial charge >= 0.3 is 5.97 Å². The summed E-state index contributed by atoms with van der Waals surface area (Å²) in [5.41, 5.74) is 5.32. The van der Waals surface area contributed by atoms with E-state index < -0.39 is 5.97 Å². The number of aliphatic carboxylic acids is 1. The van der Waals surface area contributed by atoms with Crippen LogP contribution in [0.25, 0.3) is 16.9 Å². The number of piperidine rings is 2. The van der Waals surface area contributed by atoms with Crippen LogP contribution < -0.4 is 10.2 Å². The van der Waals surface area contributed by atoms with Gasteiger partial charge in [-0.05, 0) is 63.1 Å². The number of aromatic nitrogens is 3. The zero-order valence-electron chi connectivity index (χ0n) is 21.8. The summed E-state index contributed by atoms with van der Waals surface area (Å²) in [7, 11) is 0. The highest BCUT2D eigenvalue weighted by atomic mass is 35.5. The summed E-state index contributed by atoms with van der Waals surface area (Å²) < 4.78 is 2.06. The first-order chi connectivity index (χ1) is 17.2. The quantitative estimate of drug-likeness (QED) is 0.461. The topological polar surface area (TPSA) is 82.8 Å². The number of halogens is 1. The van der Waals surface area contributed by atoms with Gasteiger partial charge in [-0.2, -0.15) is 9.61 Å². The molecule has 2 saturated heterocycles. The lowest BCUT2D eigenvalue weighted by Crippen LogP contribution is -2.36. The first kappa shape index (κ1) is 26.4. The van der Waals surface area contributed by atoms with Gasteiger partial charge in [0.1, 0.15) is 5.82 Å². The highest BCUT2D eigenvalue weighted by molar-refractivity contribution is 6.30. The molecular formula is C28H38ClN5O2. The molecule has 2 atom stereocenters.